The molecular weight excluding hydrogens is 302 g/mol. The number of rotatable bonds is 7. The first kappa shape index (κ1) is 16.9. The Labute approximate surface area is 135 Å². The van der Waals surface area contributed by atoms with Gasteiger partial charge in [-0.3, -0.25) is 4.79 Å². The highest BCUT2D eigenvalue weighted by Gasteiger charge is 2.10. The average Bonchev–Trinajstić information content (AvgIpc) is 2.46. The molecule has 0 spiro atoms. The Morgan fingerprint density at radius 2 is 2.10 bits per heavy atom. The first-order valence-electron chi connectivity index (χ1n) is 7.70. The van der Waals surface area contributed by atoms with Gasteiger partial charge in [0.1, 0.15) is 0 Å². The molecule has 21 heavy (non-hydrogen) atoms. The molecule has 2 heterocycles. The molecule has 118 valence electrons. The Morgan fingerprint density at radius 1 is 1.33 bits per heavy atom. The Hall–Kier alpha value is -0.460. The number of likely N-dealkylation sites (tertiary alicyclic amines) is 1. The summed E-state index contributed by atoms with van der Waals surface area (Å²) in [6.07, 6.45) is 4.01. The van der Waals surface area contributed by atoms with E-state index in [4.69, 9.17) is 0 Å². The van der Waals surface area contributed by atoms with Crippen LogP contribution in [0.25, 0.3) is 0 Å². The molecule has 0 aliphatic carbocycles. The molecule has 1 aliphatic heterocycles. The van der Waals surface area contributed by atoms with Crippen molar-refractivity contribution >= 4 is 23.5 Å². The van der Waals surface area contributed by atoms with E-state index in [1.807, 2.05) is 11.8 Å². The maximum Gasteiger partial charge on any atom is 0.251 e. The lowest BCUT2D eigenvalue weighted by Crippen LogP contribution is -2.31. The molecule has 0 unspecified atom stereocenters. The first-order valence-corrected chi connectivity index (χ1v) is 9.74. The molecule has 6 heteroatoms. The lowest BCUT2D eigenvalue weighted by Gasteiger charge is -2.25. The summed E-state index contributed by atoms with van der Waals surface area (Å²) in [5, 5.41) is 1.32. The highest BCUT2D eigenvalue weighted by molar-refractivity contribution is 7.99. The van der Waals surface area contributed by atoms with Gasteiger partial charge in [0.15, 0.2) is 5.16 Å². The molecule has 0 atom stereocenters. The normalized spacial score (nSPS) is 16.5. The largest absolute Gasteiger partial charge is 0.303 e. The Kier molecular flexibility index (Phi) is 7.13. The molecule has 1 fully saturated rings. The van der Waals surface area contributed by atoms with E-state index in [1.165, 1.54) is 32.4 Å². The summed E-state index contributed by atoms with van der Waals surface area (Å²) in [5.74, 6) is 1.80. The third kappa shape index (κ3) is 6.45. The van der Waals surface area contributed by atoms with Crippen molar-refractivity contribution in [3.8, 4) is 0 Å². The number of aromatic nitrogens is 2. The van der Waals surface area contributed by atoms with Crippen LogP contribution in [0.3, 0.4) is 0 Å². The van der Waals surface area contributed by atoms with Crippen LogP contribution in [0.4, 0.5) is 0 Å². The fraction of sp³-hybridized carbons (Fsp3) is 0.733. The second kappa shape index (κ2) is 8.86. The van der Waals surface area contributed by atoms with E-state index in [1.54, 1.807) is 17.8 Å². The standard InChI is InChI=1S/C15H25N3OS2/c1-12(2)21-11-13-10-14(19)17-15(16-13)20-9-8-18-6-4-3-5-7-18/h10,12H,3-9,11H2,1-2H3,(H,16,17,19). The van der Waals surface area contributed by atoms with Crippen LogP contribution in [0.2, 0.25) is 0 Å². The average molecular weight is 328 g/mol. The molecule has 2 rings (SSSR count). The van der Waals surface area contributed by atoms with Crippen molar-refractivity contribution in [3.63, 3.8) is 0 Å². The molecule has 0 amide bonds. The maximum atomic E-state index is 11.7. The number of thioether (sulfide) groups is 2. The van der Waals surface area contributed by atoms with Gasteiger partial charge >= 0.3 is 0 Å². The van der Waals surface area contributed by atoms with Crippen LogP contribution < -0.4 is 5.56 Å². The van der Waals surface area contributed by atoms with Gasteiger partial charge in [0.25, 0.3) is 5.56 Å². The Morgan fingerprint density at radius 3 is 2.81 bits per heavy atom. The maximum absolute atomic E-state index is 11.7. The second-order valence-electron chi connectivity index (χ2n) is 5.65. The van der Waals surface area contributed by atoms with Crippen LogP contribution in [0.15, 0.2) is 16.0 Å². The van der Waals surface area contributed by atoms with Gasteiger partial charge in [-0.15, -0.1) is 0 Å². The van der Waals surface area contributed by atoms with Gasteiger partial charge in [0, 0.05) is 24.1 Å². The molecule has 1 N–H and O–H groups in total. The highest BCUT2D eigenvalue weighted by Crippen LogP contribution is 2.18. The van der Waals surface area contributed by atoms with Gasteiger partial charge in [-0.2, -0.15) is 11.8 Å². The fourth-order valence-corrected chi connectivity index (χ4v) is 3.88. The number of aromatic amines is 1. The molecule has 1 saturated heterocycles. The minimum absolute atomic E-state index is 0.0372. The zero-order chi connectivity index (χ0) is 15.1. The van der Waals surface area contributed by atoms with E-state index in [2.05, 4.69) is 28.7 Å². The van der Waals surface area contributed by atoms with Crippen LogP contribution in [0.5, 0.6) is 0 Å². The zero-order valence-corrected chi connectivity index (χ0v) is 14.6. The van der Waals surface area contributed by atoms with E-state index in [0.29, 0.717) is 5.25 Å². The van der Waals surface area contributed by atoms with Gasteiger partial charge in [-0.25, -0.2) is 4.98 Å². The summed E-state index contributed by atoms with van der Waals surface area (Å²) in [7, 11) is 0. The number of piperidine rings is 1. The summed E-state index contributed by atoms with van der Waals surface area (Å²) in [6, 6.07) is 1.62. The predicted octanol–water partition coefficient (Wildman–Crippen LogP) is 2.99. The molecule has 0 radical (unpaired) electrons. The monoisotopic (exact) mass is 327 g/mol. The molecule has 1 aromatic rings. The van der Waals surface area contributed by atoms with Gasteiger partial charge in [-0.05, 0) is 31.2 Å². The lowest BCUT2D eigenvalue weighted by molar-refractivity contribution is 0.242. The molecule has 0 aromatic carbocycles. The number of hydrogen-bond acceptors (Lipinski definition) is 5. The molecule has 1 aromatic heterocycles. The summed E-state index contributed by atoms with van der Waals surface area (Å²) in [4.78, 5) is 21.6. The zero-order valence-electron chi connectivity index (χ0n) is 12.9. The minimum Gasteiger partial charge on any atom is -0.303 e. The van der Waals surface area contributed by atoms with Gasteiger partial charge in [-0.1, -0.05) is 32.0 Å². The number of nitrogens with one attached hydrogen (secondary N) is 1. The van der Waals surface area contributed by atoms with Crippen LogP contribution in [-0.4, -0.2) is 45.5 Å². The second-order valence-corrected chi connectivity index (χ2v) is 8.30. The SMILES string of the molecule is CC(C)SCc1cc(=O)[nH]c(SCCN2CCCCC2)n1. The first-order chi connectivity index (χ1) is 10.1. The summed E-state index contributed by atoms with van der Waals surface area (Å²) < 4.78 is 0. The summed E-state index contributed by atoms with van der Waals surface area (Å²) in [6.45, 7) is 7.84. The van der Waals surface area contributed by atoms with Crippen molar-refractivity contribution in [2.45, 2.75) is 49.3 Å². The van der Waals surface area contributed by atoms with Crippen molar-refractivity contribution < 1.29 is 0 Å². The van der Waals surface area contributed by atoms with Crippen LogP contribution in [-0.2, 0) is 5.75 Å². The highest BCUT2D eigenvalue weighted by atomic mass is 32.2. The summed E-state index contributed by atoms with van der Waals surface area (Å²) in [5.41, 5.74) is 0.850. The van der Waals surface area contributed by atoms with Crippen molar-refractivity contribution in [1.29, 1.82) is 0 Å². The molecule has 1 aliphatic rings. The molecule has 0 saturated carbocycles. The van der Waals surface area contributed by atoms with E-state index in [-0.39, 0.29) is 5.56 Å². The third-order valence-electron chi connectivity index (χ3n) is 3.43. The van der Waals surface area contributed by atoms with Crippen molar-refractivity contribution in [3.05, 3.63) is 22.1 Å². The van der Waals surface area contributed by atoms with E-state index >= 15 is 0 Å². The van der Waals surface area contributed by atoms with Crippen LogP contribution in [0.1, 0.15) is 38.8 Å². The van der Waals surface area contributed by atoms with Gasteiger partial charge < -0.3 is 9.88 Å². The van der Waals surface area contributed by atoms with Crippen LogP contribution in [0, 0.1) is 0 Å². The molecule has 0 bridgehead atoms. The predicted molar refractivity (Wildman–Crippen MR) is 92.3 cm³/mol. The summed E-state index contributed by atoms with van der Waals surface area (Å²) >= 11 is 3.47. The molecular formula is C15H25N3OS2. The number of hydrogen-bond donors (Lipinski definition) is 1. The van der Waals surface area contributed by atoms with Crippen molar-refractivity contribution in [2.75, 3.05) is 25.4 Å². The van der Waals surface area contributed by atoms with Crippen LogP contribution >= 0.6 is 23.5 Å². The van der Waals surface area contributed by atoms with Gasteiger partial charge in [0.05, 0.1) is 5.69 Å². The number of H-pyrrole nitrogens is 1. The topological polar surface area (TPSA) is 49.0 Å². The van der Waals surface area contributed by atoms with Crippen molar-refractivity contribution in [2.24, 2.45) is 0 Å². The fourth-order valence-electron chi connectivity index (χ4n) is 2.33. The van der Waals surface area contributed by atoms with Crippen molar-refractivity contribution in [1.82, 2.24) is 14.9 Å². The van der Waals surface area contributed by atoms with E-state index in [9.17, 15) is 4.79 Å². The Balaban J connectivity index is 1.82. The quantitative estimate of drug-likeness (QED) is 0.616. The smallest absolute Gasteiger partial charge is 0.251 e. The lowest BCUT2D eigenvalue weighted by atomic mass is 10.1. The molecule has 4 nitrogen and oxygen atoms in total. The van der Waals surface area contributed by atoms with E-state index < -0.39 is 0 Å². The Bertz CT molecular complexity index is 484. The third-order valence-corrected chi connectivity index (χ3v) is 5.42. The number of nitrogens with zero attached hydrogens (tertiary/aromatic N) is 2. The minimum atomic E-state index is -0.0372. The van der Waals surface area contributed by atoms with Gasteiger partial charge in [0.2, 0.25) is 0 Å². The van der Waals surface area contributed by atoms with E-state index in [0.717, 1.165) is 28.9 Å².